The van der Waals surface area contributed by atoms with Gasteiger partial charge in [-0.25, -0.2) is 4.79 Å². The molecule has 2 rings (SSSR count). The van der Waals surface area contributed by atoms with Crippen LogP contribution in [0, 0.1) is 5.41 Å². The van der Waals surface area contributed by atoms with Gasteiger partial charge in [-0.1, -0.05) is 0 Å². The van der Waals surface area contributed by atoms with Gasteiger partial charge in [-0.2, -0.15) is 0 Å². The van der Waals surface area contributed by atoms with Crippen LogP contribution in [0.2, 0.25) is 0 Å². The molecular formula is C7H5NO5. The van der Waals surface area contributed by atoms with Gasteiger partial charge in [-0.3, -0.25) is 10.2 Å². The smallest absolute Gasteiger partial charge is 0.341 e. The predicted octanol–water partition coefficient (Wildman–Crippen LogP) is -0.747. The van der Waals surface area contributed by atoms with Gasteiger partial charge in [-0.15, -0.1) is 0 Å². The van der Waals surface area contributed by atoms with E-state index in [1.165, 1.54) is 0 Å². The molecule has 0 aromatic rings. The summed E-state index contributed by atoms with van der Waals surface area (Å²) in [5.74, 6) is -2.69. The largest absolute Gasteiger partial charge is 0.508 e. The van der Waals surface area contributed by atoms with Crippen molar-refractivity contribution in [3.63, 3.8) is 0 Å². The highest BCUT2D eigenvalue weighted by molar-refractivity contribution is 6.53. The lowest BCUT2D eigenvalue weighted by atomic mass is 9.94. The van der Waals surface area contributed by atoms with E-state index in [0.29, 0.717) is 0 Å². The Bertz CT molecular complexity index is 369. The zero-order valence-electron chi connectivity index (χ0n) is 6.27. The van der Waals surface area contributed by atoms with Crippen LogP contribution in [0.15, 0.2) is 11.3 Å². The summed E-state index contributed by atoms with van der Waals surface area (Å²) in [4.78, 5) is 21.6. The Morgan fingerprint density at radius 2 is 2.08 bits per heavy atom. The van der Waals surface area contributed by atoms with Gasteiger partial charge in [0.2, 0.25) is 5.78 Å². The van der Waals surface area contributed by atoms with Gasteiger partial charge in [-0.05, 0) is 0 Å². The highest BCUT2D eigenvalue weighted by Gasteiger charge is 2.55. The third-order valence-corrected chi connectivity index (χ3v) is 1.99. The summed E-state index contributed by atoms with van der Waals surface area (Å²) in [6.07, 6.45) is -1.68. The van der Waals surface area contributed by atoms with Crippen LogP contribution in [0.1, 0.15) is 0 Å². The number of Topliss-reactive ketones (excluding diaryl/α,β-unsaturated/α-hetero) is 1. The molecule has 2 atom stereocenters. The van der Waals surface area contributed by atoms with Crippen LogP contribution in [0.25, 0.3) is 0 Å². The first-order valence-electron chi connectivity index (χ1n) is 3.49. The molecule has 0 amide bonds. The van der Waals surface area contributed by atoms with E-state index in [2.05, 4.69) is 0 Å². The average molecular weight is 183 g/mol. The van der Waals surface area contributed by atoms with Crippen LogP contribution >= 0.6 is 0 Å². The molecule has 0 radical (unpaired) electrons. The van der Waals surface area contributed by atoms with Crippen molar-refractivity contribution >= 4 is 17.5 Å². The summed E-state index contributed by atoms with van der Waals surface area (Å²) in [6, 6.07) is 0. The summed E-state index contributed by atoms with van der Waals surface area (Å²) >= 11 is 0. The van der Waals surface area contributed by atoms with Gasteiger partial charge < -0.3 is 14.9 Å². The topological polar surface area (TPSA) is 111 Å². The maximum absolute atomic E-state index is 11.1. The van der Waals surface area contributed by atoms with Gasteiger partial charge in [0.15, 0.2) is 6.10 Å². The second kappa shape index (κ2) is 2.17. The number of aliphatic hydroxyl groups is 1. The number of epoxide rings is 1. The molecule has 6 nitrogen and oxygen atoms in total. The molecule has 2 aliphatic rings. The van der Waals surface area contributed by atoms with Gasteiger partial charge in [0.1, 0.15) is 23.1 Å². The number of aliphatic carboxylic acids is 1. The van der Waals surface area contributed by atoms with Crippen LogP contribution in [-0.2, 0) is 14.3 Å². The maximum Gasteiger partial charge on any atom is 0.341 e. The molecule has 0 aromatic carbocycles. The molecule has 1 unspecified atom stereocenters. The molecule has 1 saturated heterocycles. The number of ether oxygens (including phenoxy) is 1. The van der Waals surface area contributed by atoms with E-state index < -0.39 is 41.0 Å². The van der Waals surface area contributed by atoms with Crippen molar-refractivity contribution in [2.24, 2.45) is 0 Å². The first-order chi connectivity index (χ1) is 6.04. The molecular weight excluding hydrogens is 178 g/mol. The number of ketones is 1. The summed E-state index contributed by atoms with van der Waals surface area (Å²) in [5, 5.41) is 24.9. The number of hydrogen-bond donors (Lipinski definition) is 3. The molecule has 1 heterocycles. The Balaban J connectivity index is 2.51. The normalized spacial score (nSPS) is 31.7. The summed E-state index contributed by atoms with van der Waals surface area (Å²) in [5.41, 5.74) is -1.34. The highest BCUT2D eigenvalue weighted by atomic mass is 16.6. The summed E-state index contributed by atoms with van der Waals surface area (Å²) in [6.45, 7) is 0. The SMILES string of the molecule is N=C1C(=O)C2O[C@@H]2C(O)=C1C(=O)O. The van der Waals surface area contributed by atoms with Crippen LogP contribution in [0.5, 0.6) is 0 Å². The van der Waals surface area contributed by atoms with Crippen molar-refractivity contribution in [2.45, 2.75) is 12.2 Å². The van der Waals surface area contributed by atoms with Crippen molar-refractivity contribution in [1.29, 1.82) is 5.41 Å². The summed E-state index contributed by atoms with van der Waals surface area (Å²) in [7, 11) is 0. The number of rotatable bonds is 1. The molecule has 0 spiro atoms. The Kier molecular flexibility index (Phi) is 1.32. The zero-order chi connectivity index (χ0) is 9.75. The summed E-state index contributed by atoms with van der Waals surface area (Å²) < 4.78 is 4.69. The number of nitrogens with one attached hydrogen (secondary N) is 1. The molecule has 1 fully saturated rings. The Morgan fingerprint density at radius 3 is 2.62 bits per heavy atom. The predicted molar refractivity (Wildman–Crippen MR) is 38.7 cm³/mol. The first kappa shape index (κ1) is 7.93. The minimum absolute atomic E-state index is 0.526. The minimum Gasteiger partial charge on any atom is -0.508 e. The lowest BCUT2D eigenvalue weighted by Crippen LogP contribution is -2.32. The third-order valence-electron chi connectivity index (χ3n) is 1.99. The molecule has 3 N–H and O–H groups in total. The number of carbonyl (C=O) groups is 2. The van der Waals surface area contributed by atoms with E-state index in [0.717, 1.165) is 0 Å². The van der Waals surface area contributed by atoms with E-state index in [9.17, 15) is 14.7 Å². The van der Waals surface area contributed by atoms with E-state index >= 15 is 0 Å². The number of fused-ring (bicyclic) bond motifs is 1. The van der Waals surface area contributed by atoms with Crippen LogP contribution in [0.4, 0.5) is 0 Å². The van der Waals surface area contributed by atoms with Gasteiger partial charge in [0.05, 0.1) is 0 Å². The highest BCUT2D eigenvalue weighted by Crippen LogP contribution is 2.35. The molecule has 0 bridgehead atoms. The minimum atomic E-state index is -1.48. The number of carbonyl (C=O) groups excluding carboxylic acids is 1. The molecule has 6 heteroatoms. The number of hydrogen-bond acceptors (Lipinski definition) is 5. The van der Waals surface area contributed by atoms with E-state index in [4.69, 9.17) is 15.3 Å². The Hall–Kier alpha value is -1.69. The van der Waals surface area contributed by atoms with E-state index in [1.54, 1.807) is 0 Å². The standard InChI is InChI=1S/C7H5NO5/c8-2-1(7(11)12)3(9)5-6(13-5)4(2)10/h5-6,8-9H,(H,11,12)/t5-,6?/m1/s1. The fourth-order valence-electron chi connectivity index (χ4n) is 1.27. The number of carboxylic acid groups (broad SMARTS) is 1. The Labute approximate surface area is 71.9 Å². The second-order valence-electron chi connectivity index (χ2n) is 2.78. The van der Waals surface area contributed by atoms with Crippen molar-refractivity contribution in [3.8, 4) is 0 Å². The first-order valence-corrected chi connectivity index (χ1v) is 3.49. The van der Waals surface area contributed by atoms with Crippen LogP contribution in [0.3, 0.4) is 0 Å². The van der Waals surface area contributed by atoms with E-state index in [1.807, 2.05) is 0 Å². The fourth-order valence-corrected chi connectivity index (χ4v) is 1.27. The second-order valence-corrected chi connectivity index (χ2v) is 2.78. The fraction of sp³-hybridized carbons (Fsp3) is 0.286. The van der Waals surface area contributed by atoms with Crippen LogP contribution in [-0.4, -0.2) is 39.9 Å². The third kappa shape index (κ3) is 0.888. The molecule has 1 aliphatic heterocycles. The molecule has 1 aliphatic carbocycles. The average Bonchev–Trinajstić information content (AvgIpc) is 2.79. The van der Waals surface area contributed by atoms with Crippen molar-refractivity contribution < 1.29 is 24.5 Å². The van der Waals surface area contributed by atoms with Gasteiger partial charge >= 0.3 is 5.97 Å². The maximum atomic E-state index is 11.1. The van der Waals surface area contributed by atoms with Gasteiger partial charge in [0, 0.05) is 0 Å². The molecule has 0 saturated carbocycles. The van der Waals surface area contributed by atoms with Crippen molar-refractivity contribution in [1.82, 2.24) is 0 Å². The quantitative estimate of drug-likeness (QED) is 0.463. The number of aliphatic hydroxyl groups excluding tert-OH is 1. The van der Waals surface area contributed by atoms with E-state index in [-0.39, 0.29) is 0 Å². The zero-order valence-corrected chi connectivity index (χ0v) is 6.27. The molecule has 0 aromatic heterocycles. The van der Waals surface area contributed by atoms with Crippen molar-refractivity contribution in [2.75, 3.05) is 0 Å². The Morgan fingerprint density at radius 1 is 1.46 bits per heavy atom. The number of carboxylic acids is 1. The van der Waals surface area contributed by atoms with Gasteiger partial charge in [0.25, 0.3) is 0 Å². The monoisotopic (exact) mass is 183 g/mol. The van der Waals surface area contributed by atoms with Crippen molar-refractivity contribution in [3.05, 3.63) is 11.3 Å². The molecule has 13 heavy (non-hydrogen) atoms. The lowest BCUT2D eigenvalue weighted by molar-refractivity contribution is -0.132. The van der Waals surface area contributed by atoms with Crippen LogP contribution < -0.4 is 0 Å². The lowest BCUT2D eigenvalue weighted by Gasteiger charge is -2.08. The molecule has 68 valence electrons.